The molecule has 17 heavy (non-hydrogen) atoms. The fraction of sp³-hybridized carbons (Fsp3) is 0.545. The van der Waals surface area contributed by atoms with Crippen LogP contribution in [-0.4, -0.2) is 49.3 Å². The number of nitrogens with zero attached hydrogens (tertiary/aromatic N) is 2. The number of rotatable bonds is 3. The summed E-state index contributed by atoms with van der Waals surface area (Å²) in [6, 6.07) is 0.809. The third-order valence-electron chi connectivity index (χ3n) is 2.65. The lowest BCUT2D eigenvalue weighted by molar-refractivity contribution is -0.0117. The van der Waals surface area contributed by atoms with Crippen molar-refractivity contribution in [2.75, 3.05) is 38.6 Å². The molecule has 1 saturated heterocycles. The molecule has 1 fully saturated rings. The maximum absolute atomic E-state index is 13.3. The van der Waals surface area contributed by atoms with Crippen molar-refractivity contribution >= 4 is 5.82 Å². The molecule has 94 valence electrons. The van der Waals surface area contributed by atoms with E-state index in [1.807, 2.05) is 7.05 Å². The molecule has 0 bridgehead atoms. The quantitative estimate of drug-likeness (QED) is 0.862. The first kappa shape index (κ1) is 12.2. The molecule has 1 atom stereocenters. The molecular weight excluding hydrogens is 228 g/mol. The van der Waals surface area contributed by atoms with Gasteiger partial charge in [0.15, 0.2) is 11.6 Å². The van der Waals surface area contributed by atoms with Gasteiger partial charge in [-0.25, -0.2) is 13.8 Å². The number of halogens is 2. The van der Waals surface area contributed by atoms with Crippen molar-refractivity contribution in [1.82, 2.24) is 9.88 Å². The Labute approximate surface area is 98.6 Å². The van der Waals surface area contributed by atoms with Crippen LogP contribution in [0.5, 0.6) is 0 Å². The minimum absolute atomic E-state index is 0.00000283. The number of hydrogen-bond acceptors (Lipinski definition) is 4. The first-order valence-corrected chi connectivity index (χ1v) is 5.50. The van der Waals surface area contributed by atoms with Crippen LogP contribution < -0.4 is 5.32 Å². The normalized spacial score (nSPS) is 21.5. The van der Waals surface area contributed by atoms with Crippen LogP contribution in [0.2, 0.25) is 0 Å². The fourth-order valence-electron chi connectivity index (χ4n) is 1.75. The highest BCUT2D eigenvalue weighted by Crippen LogP contribution is 2.12. The van der Waals surface area contributed by atoms with Crippen LogP contribution >= 0.6 is 0 Å². The van der Waals surface area contributed by atoms with E-state index in [0.717, 1.165) is 25.4 Å². The molecule has 0 saturated carbocycles. The zero-order valence-electron chi connectivity index (χ0n) is 9.62. The molecule has 1 N–H and O–H groups in total. The number of pyridine rings is 1. The summed E-state index contributed by atoms with van der Waals surface area (Å²) in [6.45, 7) is 2.82. The summed E-state index contributed by atoms with van der Waals surface area (Å²) in [4.78, 5) is 5.79. The Bertz CT molecular complexity index is 389. The highest BCUT2D eigenvalue weighted by molar-refractivity contribution is 5.35. The number of aromatic nitrogens is 1. The van der Waals surface area contributed by atoms with Gasteiger partial charge in [-0.15, -0.1) is 0 Å². The van der Waals surface area contributed by atoms with Gasteiger partial charge in [0.25, 0.3) is 0 Å². The number of anilines is 1. The van der Waals surface area contributed by atoms with Crippen LogP contribution in [0.4, 0.5) is 14.6 Å². The van der Waals surface area contributed by atoms with Crippen molar-refractivity contribution in [3.8, 4) is 0 Å². The largest absolute Gasteiger partial charge is 0.374 e. The predicted molar refractivity (Wildman–Crippen MR) is 59.9 cm³/mol. The Hall–Kier alpha value is -1.27. The van der Waals surface area contributed by atoms with Crippen LogP contribution in [0.3, 0.4) is 0 Å². The molecule has 0 aliphatic carbocycles. The van der Waals surface area contributed by atoms with Crippen molar-refractivity contribution in [3.05, 3.63) is 23.9 Å². The van der Waals surface area contributed by atoms with Crippen molar-refractivity contribution in [2.45, 2.75) is 6.10 Å². The lowest BCUT2D eigenvalue weighted by Gasteiger charge is -2.30. The molecule has 2 rings (SSSR count). The second-order valence-corrected chi connectivity index (χ2v) is 4.12. The summed E-state index contributed by atoms with van der Waals surface area (Å²) in [5.74, 6) is -1.31. The second kappa shape index (κ2) is 5.37. The maximum atomic E-state index is 13.3. The van der Waals surface area contributed by atoms with Gasteiger partial charge in [0.2, 0.25) is 0 Å². The van der Waals surface area contributed by atoms with Crippen molar-refractivity contribution in [2.24, 2.45) is 0 Å². The summed E-state index contributed by atoms with van der Waals surface area (Å²) < 4.78 is 31.4. The minimum atomic E-state index is -0.686. The van der Waals surface area contributed by atoms with E-state index < -0.39 is 11.6 Å². The van der Waals surface area contributed by atoms with Crippen LogP contribution in [0.25, 0.3) is 0 Å². The summed E-state index contributed by atoms with van der Waals surface area (Å²) >= 11 is 0. The zero-order valence-corrected chi connectivity index (χ0v) is 9.62. The summed E-state index contributed by atoms with van der Waals surface area (Å²) in [7, 11) is 2.01. The summed E-state index contributed by atoms with van der Waals surface area (Å²) in [6.07, 6.45) is 0.985. The average Bonchev–Trinajstić information content (AvgIpc) is 2.28. The summed E-state index contributed by atoms with van der Waals surface area (Å²) in [5, 5.41) is 2.83. The standard InChI is InChI=1S/C11H15F2N3O/c1-16-2-3-17-9(7-16)6-15-11-10(13)4-8(12)5-14-11/h4-5,9H,2-3,6-7H2,1H3,(H,14,15). The molecule has 1 aliphatic rings. The number of ether oxygens (including phenoxy) is 1. The van der Waals surface area contributed by atoms with E-state index in [0.29, 0.717) is 13.2 Å². The van der Waals surface area contributed by atoms with Crippen molar-refractivity contribution < 1.29 is 13.5 Å². The molecule has 0 amide bonds. The SMILES string of the molecule is CN1CCOC(CNc2ncc(F)cc2F)C1. The molecule has 0 aromatic carbocycles. The van der Waals surface area contributed by atoms with Gasteiger partial charge < -0.3 is 15.0 Å². The molecular formula is C11H15F2N3O. The van der Waals surface area contributed by atoms with Gasteiger partial charge in [-0.2, -0.15) is 0 Å². The third-order valence-corrected chi connectivity index (χ3v) is 2.65. The minimum Gasteiger partial charge on any atom is -0.374 e. The molecule has 1 unspecified atom stereocenters. The van der Waals surface area contributed by atoms with Gasteiger partial charge in [0, 0.05) is 25.7 Å². The second-order valence-electron chi connectivity index (χ2n) is 4.12. The van der Waals surface area contributed by atoms with Crippen LogP contribution in [0.1, 0.15) is 0 Å². The first-order chi connectivity index (χ1) is 8.15. The van der Waals surface area contributed by atoms with Gasteiger partial charge in [-0.3, -0.25) is 0 Å². The molecule has 1 aromatic heterocycles. The van der Waals surface area contributed by atoms with Crippen LogP contribution in [-0.2, 0) is 4.74 Å². The van der Waals surface area contributed by atoms with Gasteiger partial charge in [-0.05, 0) is 7.05 Å². The molecule has 6 heteroatoms. The fourth-order valence-corrected chi connectivity index (χ4v) is 1.75. The van der Waals surface area contributed by atoms with E-state index >= 15 is 0 Å². The van der Waals surface area contributed by atoms with Gasteiger partial charge in [0.1, 0.15) is 5.82 Å². The predicted octanol–water partition coefficient (Wildman–Crippen LogP) is 1.10. The van der Waals surface area contributed by atoms with E-state index in [9.17, 15) is 8.78 Å². The Morgan fingerprint density at radius 1 is 1.59 bits per heavy atom. The number of nitrogens with one attached hydrogen (secondary N) is 1. The Kier molecular flexibility index (Phi) is 3.86. The molecule has 1 aliphatic heterocycles. The van der Waals surface area contributed by atoms with Gasteiger partial charge >= 0.3 is 0 Å². The molecule has 2 heterocycles. The Balaban J connectivity index is 1.88. The lowest BCUT2D eigenvalue weighted by Crippen LogP contribution is -2.43. The monoisotopic (exact) mass is 243 g/mol. The van der Waals surface area contributed by atoms with Crippen LogP contribution in [0, 0.1) is 11.6 Å². The van der Waals surface area contributed by atoms with Crippen molar-refractivity contribution in [1.29, 1.82) is 0 Å². The number of morpholine rings is 1. The van der Waals surface area contributed by atoms with E-state index in [-0.39, 0.29) is 11.9 Å². The molecule has 0 radical (unpaired) electrons. The number of likely N-dealkylation sites (N-methyl/N-ethyl adjacent to an activating group) is 1. The van der Waals surface area contributed by atoms with Gasteiger partial charge in [-0.1, -0.05) is 0 Å². The summed E-state index contributed by atoms with van der Waals surface area (Å²) in [5.41, 5.74) is 0. The molecule has 4 nitrogen and oxygen atoms in total. The van der Waals surface area contributed by atoms with Gasteiger partial charge in [0.05, 0.1) is 18.9 Å². The average molecular weight is 243 g/mol. The lowest BCUT2D eigenvalue weighted by atomic mass is 10.3. The third kappa shape index (κ3) is 3.34. The highest BCUT2D eigenvalue weighted by Gasteiger charge is 2.18. The van der Waals surface area contributed by atoms with Crippen molar-refractivity contribution in [3.63, 3.8) is 0 Å². The highest BCUT2D eigenvalue weighted by atomic mass is 19.1. The first-order valence-electron chi connectivity index (χ1n) is 5.50. The van der Waals surface area contributed by atoms with E-state index in [2.05, 4.69) is 15.2 Å². The number of hydrogen-bond donors (Lipinski definition) is 1. The Morgan fingerprint density at radius 2 is 2.41 bits per heavy atom. The van der Waals surface area contributed by atoms with E-state index in [1.54, 1.807) is 0 Å². The topological polar surface area (TPSA) is 37.4 Å². The van der Waals surface area contributed by atoms with Crippen LogP contribution in [0.15, 0.2) is 12.3 Å². The van der Waals surface area contributed by atoms with E-state index in [4.69, 9.17) is 4.74 Å². The smallest absolute Gasteiger partial charge is 0.168 e. The zero-order chi connectivity index (χ0) is 12.3. The molecule has 1 aromatic rings. The molecule has 0 spiro atoms. The maximum Gasteiger partial charge on any atom is 0.168 e. The Morgan fingerprint density at radius 3 is 3.12 bits per heavy atom. The van der Waals surface area contributed by atoms with E-state index in [1.165, 1.54) is 0 Å².